The van der Waals surface area contributed by atoms with Gasteiger partial charge in [0.25, 0.3) is 0 Å². The van der Waals surface area contributed by atoms with Crippen molar-refractivity contribution in [2.45, 2.75) is 19.4 Å². The van der Waals surface area contributed by atoms with Gasteiger partial charge in [0.2, 0.25) is 0 Å². The summed E-state index contributed by atoms with van der Waals surface area (Å²) >= 11 is 0. The molecule has 1 aromatic carbocycles. The van der Waals surface area contributed by atoms with Crippen LogP contribution in [0.3, 0.4) is 0 Å². The second-order valence-electron chi connectivity index (χ2n) is 4.51. The van der Waals surface area contributed by atoms with Crippen LogP contribution in [0, 0.1) is 0 Å². The number of rotatable bonds is 5. The average molecular weight is 282 g/mol. The highest BCUT2D eigenvalue weighted by Crippen LogP contribution is 2.26. The van der Waals surface area contributed by atoms with E-state index in [2.05, 4.69) is 5.32 Å². The molecule has 1 heterocycles. The monoisotopic (exact) mass is 282 g/mol. The number of benzene rings is 1. The van der Waals surface area contributed by atoms with Gasteiger partial charge in [0.1, 0.15) is 5.75 Å². The Morgan fingerprint density at radius 3 is 2.89 bits per heavy atom. The Hall–Kier alpha value is -1.69. The molecule has 0 fully saturated rings. The van der Waals surface area contributed by atoms with Crippen LogP contribution in [0.15, 0.2) is 29.7 Å². The molecule has 2 rings (SSSR count). The summed E-state index contributed by atoms with van der Waals surface area (Å²) in [4.78, 5) is 0. The summed E-state index contributed by atoms with van der Waals surface area (Å²) in [5, 5.41) is 4.39. The minimum atomic E-state index is -3.05. The van der Waals surface area contributed by atoms with Crippen molar-refractivity contribution in [1.29, 1.82) is 0 Å². The van der Waals surface area contributed by atoms with Crippen LogP contribution in [0.2, 0.25) is 0 Å². The fraction of sp³-hybridized carbons (Fsp3) is 0.385. The van der Waals surface area contributed by atoms with E-state index >= 15 is 0 Å². The average Bonchev–Trinajstić information content (AvgIpc) is 2.69. The van der Waals surface area contributed by atoms with Gasteiger partial charge in [-0.1, -0.05) is 13.0 Å². The third-order valence-electron chi connectivity index (χ3n) is 2.76. The maximum atomic E-state index is 11.3. The Morgan fingerprint density at radius 1 is 1.47 bits per heavy atom. The summed E-state index contributed by atoms with van der Waals surface area (Å²) in [6.45, 7) is 2.62. The molecule has 6 heteroatoms. The molecule has 0 saturated carbocycles. The van der Waals surface area contributed by atoms with Crippen molar-refractivity contribution in [3.8, 4) is 5.75 Å². The van der Waals surface area contributed by atoms with Crippen molar-refractivity contribution in [3.63, 3.8) is 0 Å². The normalized spacial score (nSPS) is 20.4. The molecule has 0 aromatic heterocycles. The zero-order valence-electron chi connectivity index (χ0n) is 10.8. The van der Waals surface area contributed by atoms with Crippen molar-refractivity contribution in [1.82, 2.24) is 0 Å². The van der Waals surface area contributed by atoms with Gasteiger partial charge in [-0.05, 0) is 18.6 Å². The molecule has 0 aliphatic carbocycles. The number of anilines is 2. The number of nitrogens with two attached hydrogens (primary N) is 1. The van der Waals surface area contributed by atoms with E-state index < -0.39 is 9.84 Å². The quantitative estimate of drug-likeness (QED) is 0.805. The van der Waals surface area contributed by atoms with Gasteiger partial charge in [-0.15, -0.1) is 0 Å². The van der Waals surface area contributed by atoms with Crippen LogP contribution in [0.4, 0.5) is 11.4 Å². The highest BCUT2D eigenvalue weighted by molar-refractivity contribution is 7.94. The standard InChI is InChI=1S/C13H18N2O3S/c1-2-6-18-13-8-10(3-4-12(13)14)15-11-5-7-19(16,17)9-11/h3-5,7-8,11,15H,2,6,9,14H2,1H3. The van der Waals surface area contributed by atoms with E-state index in [9.17, 15) is 8.42 Å². The lowest BCUT2D eigenvalue weighted by Gasteiger charge is -2.14. The number of sulfone groups is 1. The number of hydrogen-bond acceptors (Lipinski definition) is 5. The fourth-order valence-corrected chi connectivity index (χ4v) is 3.08. The van der Waals surface area contributed by atoms with Gasteiger partial charge in [-0.25, -0.2) is 8.42 Å². The molecular weight excluding hydrogens is 264 g/mol. The molecule has 1 aromatic rings. The molecule has 1 atom stereocenters. The largest absolute Gasteiger partial charge is 0.491 e. The van der Waals surface area contributed by atoms with E-state index in [1.165, 1.54) is 5.41 Å². The lowest BCUT2D eigenvalue weighted by atomic mass is 10.2. The van der Waals surface area contributed by atoms with Crippen molar-refractivity contribution >= 4 is 21.2 Å². The Bertz CT molecular complexity index is 582. The first-order chi connectivity index (χ1) is 9.00. The van der Waals surface area contributed by atoms with Crippen molar-refractivity contribution in [3.05, 3.63) is 29.7 Å². The predicted molar refractivity (Wildman–Crippen MR) is 77.0 cm³/mol. The highest BCUT2D eigenvalue weighted by atomic mass is 32.2. The van der Waals surface area contributed by atoms with E-state index in [1.54, 1.807) is 18.2 Å². The van der Waals surface area contributed by atoms with Crippen LogP contribution in [0.1, 0.15) is 13.3 Å². The Labute approximate surface area is 113 Å². The first-order valence-electron chi connectivity index (χ1n) is 6.20. The Balaban J connectivity index is 2.07. The van der Waals surface area contributed by atoms with Gasteiger partial charge < -0.3 is 15.8 Å². The molecule has 19 heavy (non-hydrogen) atoms. The number of nitrogen functional groups attached to an aromatic ring is 1. The van der Waals surface area contributed by atoms with Gasteiger partial charge in [-0.3, -0.25) is 0 Å². The summed E-state index contributed by atoms with van der Waals surface area (Å²) in [7, 11) is -3.05. The molecule has 0 saturated heterocycles. The van der Waals surface area contributed by atoms with Crippen LogP contribution in [-0.4, -0.2) is 26.8 Å². The molecular formula is C13H18N2O3S. The zero-order chi connectivity index (χ0) is 13.9. The van der Waals surface area contributed by atoms with Gasteiger partial charge in [-0.2, -0.15) is 0 Å². The topological polar surface area (TPSA) is 81.4 Å². The van der Waals surface area contributed by atoms with Gasteiger partial charge >= 0.3 is 0 Å². The van der Waals surface area contributed by atoms with E-state index in [1.807, 2.05) is 13.0 Å². The van der Waals surface area contributed by atoms with Gasteiger partial charge in [0.05, 0.1) is 24.1 Å². The van der Waals surface area contributed by atoms with Gasteiger partial charge in [0, 0.05) is 17.2 Å². The Kier molecular flexibility index (Phi) is 3.99. The van der Waals surface area contributed by atoms with Crippen LogP contribution < -0.4 is 15.8 Å². The second kappa shape index (κ2) is 5.52. The molecule has 1 unspecified atom stereocenters. The van der Waals surface area contributed by atoms with Crippen LogP contribution in [0.25, 0.3) is 0 Å². The summed E-state index contributed by atoms with van der Waals surface area (Å²) in [5.74, 6) is 0.708. The maximum Gasteiger partial charge on any atom is 0.173 e. The lowest BCUT2D eigenvalue weighted by Crippen LogP contribution is -2.20. The minimum absolute atomic E-state index is 0.0858. The van der Waals surface area contributed by atoms with Crippen molar-refractivity contribution in [2.75, 3.05) is 23.4 Å². The molecule has 1 aliphatic heterocycles. The van der Waals surface area contributed by atoms with Crippen LogP contribution in [0.5, 0.6) is 5.75 Å². The SMILES string of the molecule is CCCOc1cc(NC2C=CS(=O)(=O)C2)ccc1N. The molecule has 104 valence electrons. The molecule has 1 aliphatic rings. The Morgan fingerprint density at radius 2 is 2.26 bits per heavy atom. The summed E-state index contributed by atoms with van der Waals surface area (Å²) in [6, 6.07) is 5.16. The number of nitrogens with one attached hydrogen (secondary N) is 1. The molecule has 5 nitrogen and oxygen atoms in total. The van der Waals surface area contributed by atoms with Crippen molar-refractivity contribution in [2.24, 2.45) is 0 Å². The number of hydrogen-bond donors (Lipinski definition) is 2. The molecule has 0 amide bonds. The zero-order valence-corrected chi connectivity index (χ0v) is 11.6. The number of ether oxygens (including phenoxy) is 1. The van der Waals surface area contributed by atoms with Crippen LogP contribution >= 0.6 is 0 Å². The molecule has 0 bridgehead atoms. The molecule has 0 spiro atoms. The van der Waals surface area contributed by atoms with E-state index in [4.69, 9.17) is 10.5 Å². The molecule has 0 radical (unpaired) electrons. The summed E-state index contributed by atoms with van der Waals surface area (Å²) in [5.41, 5.74) is 7.19. The van der Waals surface area contributed by atoms with E-state index in [-0.39, 0.29) is 11.8 Å². The summed E-state index contributed by atoms with van der Waals surface area (Å²) in [6.07, 6.45) is 2.55. The minimum Gasteiger partial charge on any atom is -0.491 e. The second-order valence-corrected chi connectivity index (χ2v) is 6.44. The molecule has 3 N–H and O–H groups in total. The maximum absolute atomic E-state index is 11.3. The third-order valence-corrected chi connectivity index (χ3v) is 4.15. The smallest absolute Gasteiger partial charge is 0.173 e. The summed E-state index contributed by atoms with van der Waals surface area (Å²) < 4.78 is 28.2. The highest BCUT2D eigenvalue weighted by Gasteiger charge is 2.21. The van der Waals surface area contributed by atoms with E-state index in [0.717, 1.165) is 12.1 Å². The van der Waals surface area contributed by atoms with E-state index in [0.29, 0.717) is 18.0 Å². The first kappa shape index (κ1) is 13.7. The lowest BCUT2D eigenvalue weighted by molar-refractivity contribution is 0.319. The van der Waals surface area contributed by atoms with Gasteiger partial charge in [0.15, 0.2) is 9.84 Å². The first-order valence-corrected chi connectivity index (χ1v) is 7.91. The fourth-order valence-electron chi connectivity index (χ4n) is 1.84. The third kappa shape index (κ3) is 3.64. The van der Waals surface area contributed by atoms with Crippen molar-refractivity contribution < 1.29 is 13.2 Å². The van der Waals surface area contributed by atoms with Crippen LogP contribution in [-0.2, 0) is 9.84 Å². The predicted octanol–water partition coefficient (Wildman–Crippen LogP) is 1.78.